The number of morpholine rings is 1. The molecule has 3 fully saturated rings. The zero-order valence-electron chi connectivity index (χ0n) is 14.0. The fraction of sp³-hybridized carbons (Fsp3) is 0.706. The Bertz CT molecular complexity index is 713. The van der Waals surface area contributed by atoms with E-state index in [0.29, 0.717) is 12.0 Å². The highest BCUT2D eigenvalue weighted by Gasteiger charge is 2.30. The summed E-state index contributed by atoms with van der Waals surface area (Å²) in [7, 11) is 0. The first-order valence-electron chi connectivity index (χ1n) is 9.17. The number of ether oxygens (including phenoxy) is 1. The molecule has 1 saturated carbocycles. The predicted octanol–water partition coefficient (Wildman–Crippen LogP) is 1.30. The quantitative estimate of drug-likeness (QED) is 0.846. The monoisotopic (exact) mass is 328 g/mol. The van der Waals surface area contributed by atoms with E-state index >= 15 is 0 Å². The maximum absolute atomic E-state index is 5.47. The highest BCUT2D eigenvalue weighted by molar-refractivity contribution is 5.46. The lowest BCUT2D eigenvalue weighted by Gasteiger charge is -2.40. The van der Waals surface area contributed by atoms with E-state index in [1.807, 2.05) is 4.52 Å². The Morgan fingerprint density at radius 1 is 0.917 bits per heavy atom. The molecule has 5 rings (SSSR count). The van der Waals surface area contributed by atoms with Gasteiger partial charge in [0, 0.05) is 38.1 Å². The van der Waals surface area contributed by atoms with E-state index in [1.165, 1.54) is 25.7 Å². The van der Waals surface area contributed by atoms with Crippen molar-refractivity contribution in [1.82, 2.24) is 24.7 Å². The fourth-order valence-corrected chi connectivity index (χ4v) is 3.96. The summed E-state index contributed by atoms with van der Waals surface area (Å²) in [6.45, 7) is 6.08. The largest absolute Gasteiger partial charge is 0.379 e. The lowest BCUT2D eigenvalue weighted by Crippen LogP contribution is -2.49. The number of nitrogens with zero attached hydrogens (tertiary/aromatic N) is 6. The van der Waals surface area contributed by atoms with E-state index in [2.05, 4.69) is 32.1 Å². The van der Waals surface area contributed by atoms with E-state index in [0.717, 1.165) is 56.7 Å². The van der Waals surface area contributed by atoms with Crippen molar-refractivity contribution >= 4 is 11.5 Å². The Morgan fingerprint density at radius 2 is 1.71 bits per heavy atom. The number of hydrogen-bond acceptors (Lipinski definition) is 6. The molecule has 0 atom stereocenters. The molecule has 128 valence electrons. The van der Waals surface area contributed by atoms with Gasteiger partial charge in [-0.1, -0.05) is 0 Å². The average Bonchev–Trinajstić information content (AvgIpc) is 3.41. The number of aromatic nitrogens is 4. The molecule has 1 aliphatic carbocycles. The van der Waals surface area contributed by atoms with Crippen molar-refractivity contribution in [2.75, 3.05) is 44.3 Å². The van der Waals surface area contributed by atoms with Crippen LogP contribution in [0.3, 0.4) is 0 Å². The second-order valence-electron chi connectivity index (χ2n) is 7.16. The van der Waals surface area contributed by atoms with Gasteiger partial charge in [-0.05, 0) is 37.8 Å². The molecule has 2 aromatic rings. The van der Waals surface area contributed by atoms with Crippen LogP contribution in [0.25, 0.3) is 5.65 Å². The lowest BCUT2D eigenvalue weighted by molar-refractivity contribution is 0.0114. The van der Waals surface area contributed by atoms with Crippen molar-refractivity contribution in [3.8, 4) is 0 Å². The third-order valence-electron chi connectivity index (χ3n) is 5.57. The van der Waals surface area contributed by atoms with Crippen LogP contribution in [0, 0.1) is 0 Å². The molecule has 0 amide bonds. The Hall–Kier alpha value is -1.73. The second kappa shape index (κ2) is 5.97. The van der Waals surface area contributed by atoms with Crippen LogP contribution in [0.5, 0.6) is 0 Å². The SMILES string of the molecule is c1cc2nnc(C3CC3)n2nc1N1CCC(N2CCOCC2)CC1. The molecule has 4 heterocycles. The molecule has 7 heteroatoms. The van der Waals surface area contributed by atoms with Crippen LogP contribution in [0.4, 0.5) is 5.82 Å². The van der Waals surface area contributed by atoms with E-state index in [-0.39, 0.29) is 0 Å². The summed E-state index contributed by atoms with van der Waals surface area (Å²) in [6.07, 6.45) is 4.85. The van der Waals surface area contributed by atoms with Gasteiger partial charge in [0.1, 0.15) is 5.82 Å². The number of hydrogen-bond donors (Lipinski definition) is 0. The van der Waals surface area contributed by atoms with E-state index in [1.54, 1.807) is 0 Å². The molecule has 2 saturated heterocycles. The third kappa shape index (κ3) is 2.65. The molecule has 0 aromatic carbocycles. The highest BCUT2D eigenvalue weighted by atomic mass is 16.5. The van der Waals surface area contributed by atoms with Gasteiger partial charge in [-0.3, -0.25) is 4.90 Å². The first-order valence-corrected chi connectivity index (χ1v) is 9.17. The van der Waals surface area contributed by atoms with Gasteiger partial charge in [-0.15, -0.1) is 15.3 Å². The molecule has 0 radical (unpaired) electrons. The van der Waals surface area contributed by atoms with Gasteiger partial charge in [0.25, 0.3) is 0 Å². The van der Waals surface area contributed by atoms with Crippen molar-refractivity contribution in [3.05, 3.63) is 18.0 Å². The van der Waals surface area contributed by atoms with Crippen molar-refractivity contribution < 1.29 is 4.74 Å². The van der Waals surface area contributed by atoms with Crippen LogP contribution in [0.1, 0.15) is 37.4 Å². The molecule has 0 bridgehead atoms. The summed E-state index contributed by atoms with van der Waals surface area (Å²) < 4.78 is 7.43. The summed E-state index contributed by atoms with van der Waals surface area (Å²) in [5.41, 5.74) is 0.865. The number of fused-ring (bicyclic) bond motifs is 1. The van der Waals surface area contributed by atoms with Gasteiger partial charge in [0.15, 0.2) is 11.5 Å². The molecular weight excluding hydrogens is 304 g/mol. The summed E-state index contributed by atoms with van der Waals surface area (Å²) in [6, 6.07) is 4.84. The predicted molar refractivity (Wildman–Crippen MR) is 90.4 cm³/mol. The Labute approximate surface area is 141 Å². The highest BCUT2D eigenvalue weighted by Crippen LogP contribution is 2.38. The Morgan fingerprint density at radius 3 is 2.46 bits per heavy atom. The van der Waals surface area contributed by atoms with Gasteiger partial charge in [-0.25, -0.2) is 0 Å². The number of anilines is 1. The minimum atomic E-state index is 0.565. The zero-order chi connectivity index (χ0) is 15.9. The molecule has 0 unspecified atom stereocenters. The van der Waals surface area contributed by atoms with Gasteiger partial charge >= 0.3 is 0 Å². The number of piperidine rings is 1. The van der Waals surface area contributed by atoms with Crippen molar-refractivity contribution in [1.29, 1.82) is 0 Å². The maximum atomic E-state index is 5.47. The third-order valence-corrected chi connectivity index (χ3v) is 5.57. The summed E-state index contributed by atoms with van der Waals surface area (Å²) in [5.74, 6) is 2.66. The zero-order valence-corrected chi connectivity index (χ0v) is 14.0. The average molecular weight is 328 g/mol. The normalized spacial score (nSPS) is 23.9. The van der Waals surface area contributed by atoms with Crippen LogP contribution in [0.15, 0.2) is 12.1 Å². The Balaban J connectivity index is 1.30. The van der Waals surface area contributed by atoms with Crippen molar-refractivity contribution in [2.24, 2.45) is 0 Å². The van der Waals surface area contributed by atoms with E-state index < -0.39 is 0 Å². The standard InChI is InChI=1S/C17H24N6O/c1-2-13(1)17-19-18-15-3-4-16(20-23(15)17)22-7-5-14(6-8-22)21-9-11-24-12-10-21/h3-4,13-14H,1-2,5-12H2. The summed E-state index contributed by atoms with van der Waals surface area (Å²) in [4.78, 5) is 5.01. The summed E-state index contributed by atoms with van der Waals surface area (Å²) >= 11 is 0. The first-order chi connectivity index (χ1) is 11.9. The van der Waals surface area contributed by atoms with Gasteiger partial charge in [-0.2, -0.15) is 4.52 Å². The molecule has 0 spiro atoms. The van der Waals surface area contributed by atoms with Crippen LogP contribution in [-0.4, -0.2) is 70.1 Å². The fourth-order valence-electron chi connectivity index (χ4n) is 3.96. The maximum Gasteiger partial charge on any atom is 0.178 e. The second-order valence-corrected chi connectivity index (χ2v) is 7.16. The topological polar surface area (TPSA) is 58.8 Å². The lowest BCUT2D eigenvalue weighted by atomic mass is 10.0. The van der Waals surface area contributed by atoms with Crippen molar-refractivity contribution in [3.63, 3.8) is 0 Å². The molecule has 2 aromatic heterocycles. The van der Waals surface area contributed by atoms with Crippen molar-refractivity contribution in [2.45, 2.75) is 37.6 Å². The van der Waals surface area contributed by atoms with Crippen LogP contribution in [-0.2, 0) is 4.74 Å². The first kappa shape index (κ1) is 14.6. The molecule has 0 N–H and O–H groups in total. The smallest absolute Gasteiger partial charge is 0.178 e. The summed E-state index contributed by atoms with van der Waals surface area (Å²) in [5, 5.41) is 13.4. The van der Waals surface area contributed by atoms with E-state index in [9.17, 15) is 0 Å². The van der Waals surface area contributed by atoms with Gasteiger partial charge in [0.2, 0.25) is 0 Å². The molecule has 24 heavy (non-hydrogen) atoms. The molecule has 3 aliphatic rings. The van der Waals surface area contributed by atoms with Gasteiger partial charge < -0.3 is 9.64 Å². The Kier molecular flexibility index (Phi) is 3.63. The molecule has 7 nitrogen and oxygen atoms in total. The van der Waals surface area contributed by atoms with Gasteiger partial charge in [0.05, 0.1) is 13.2 Å². The minimum Gasteiger partial charge on any atom is -0.379 e. The molecule has 2 aliphatic heterocycles. The van der Waals surface area contributed by atoms with Crippen LogP contribution < -0.4 is 4.90 Å². The minimum absolute atomic E-state index is 0.565. The van der Waals surface area contributed by atoms with Crippen LogP contribution >= 0.6 is 0 Å². The van der Waals surface area contributed by atoms with Crippen LogP contribution in [0.2, 0.25) is 0 Å². The number of rotatable bonds is 3. The molecular formula is C17H24N6O. The van der Waals surface area contributed by atoms with E-state index in [4.69, 9.17) is 9.84 Å².